The first-order chi connectivity index (χ1) is 9.13. The number of hydrogen-bond donors (Lipinski definition) is 2. The smallest absolute Gasteiger partial charge is 0.238 e. The van der Waals surface area contributed by atoms with Crippen LogP contribution in [0.2, 0.25) is 0 Å². The van der Waals surface area contributed by atoms with Crippen molar-refractivity contribution in [1.82, 2.24) is 10.5 Å². The first-order valence-electron chi connectivity index (χ1n) is 5.82. The molecule has 0 bridgehead atoms. The van der Waals surface area contributed by atoms with Gasteiger partial charge in [-0.1, -0.05) is 27.2 Å². The fourth-order valence-electron chi connectivity index (χ4n) is 1.57. The van der Waals surface area contributed by atoms with Gasteiger partial charge in [-0.2, -0.15) is 0 Å². The molecule has 0 spiro atoms. The van der Waals surface area contributed by atoms with Gasteiger partial charge in [-0.05, 0) is 25.1 Å². The largest absolute Gasteiger partial charge is 0.360 e. The van der Waals surface area contributed by atoms with Crippen molar-refractivity contribution in [2.75, 3.05) is 11.9 Å². The van der Waals surface area contributed by atoms with Gasteiger partial charge < -0.3 is 15.2 Å². The summed E-state index contributed by atoms with van der Waals surface area (Å²) in [7, 11) is 0. The monoisotopic (exact) mass is 323 g/mol. The van der Waals surface area contributed by atoms with Crippen LogP contribution in [-0.4, -0.2) is 17.6 Å². The Hall–Kier alpha value is -1.66. The lowest BCUT2D eigenvalue weighted by Crippen LogP contribution is -2.27. The standard InChI is InChI=1S/C13H14BrN3O2/c1-9-5-12(19-17-9)7-15-8-13(18)16-11-4-2-3-10(14)6-11/h2-6,15H,7-8H2,1H3,(H,16,18). The number of amides is 1. The van der Waals surface area contributed by atoms with E-state index in [2.05, 4.69) is 31.7 Å². The molecule has 0 saturated heterocycles. The molecule has 6 heteroatoms. The molecule has 1 amide bonds. The van der Waals surface area contributed by atoms with Crippen LogP contribution in [0.25, 0.3) is 0 Å². The minimum Gasteiger partial charge on any atom is -0.360 e. The zero-order valence-corrected chi connectivity index (χ0v) is 12.0. The highest BCUT2D eigenvalue weighted by molar-refractivity contribution is 9.10. The van der Waals surface area contributed by atoms with Crippen molar-refractivity contribution in [3.63, 3.8) is 0 Å². The van der Waals surface area contributed by atoms with Crippen LogP contribution in [0.15, 0.2) is 39.3 Å². The van der Waals surface area contributed by atoms with Crippen molar-refractivity contribution in [2.45, 2.75) is 13.5 Å². The summed E-state index contributed by atoms with van der Waals surface area (Å²) in [4.78, 5) is 11.7. The molecule has 2 aromatic rings. The molecule has 0 unspecified atom stereocenters. The SMILES string of the molecule is Cc1cc(CNCC(=O)Nc2cccc(Br)c2)on1. The van der Waals surface area contributed by atoms with Gasteiger partial charge in [-0.15, -0.1) is 0 Å². The maximum Gasteiger partial charge on any atom is 0.238 e. The number of nitrogens with one attached hydrogen (secondary N) is 2. The molecule has 0 aliphatic rings. The number of aryl methyl sites for hydroxylation is 1. The van der Waals surface area contributed by atoms with E-state index in [-0.39, 0.29) is 12.5 Å². The summed E-state index contributed by atoms with van der Waals surface area (Å²) in [5.74, 6) is 0.613. The summed E-state index contributed by atoms with van der Waals surface area (Å²) in [6.45, 7) is 2.55. The van der Waals surface area contributed by atoms with E-state index < -0.39 is 0 Å². The van der Waals surface area contributed by atoms with Crippen LogP contribution in [0.5, 0.6) is 0 Å². The number of carbonyl (C=O) groups excluding carboxylic acids is 1. The second-order valence-electron chi connectivity index (χ2n) is 4.10. The molecule has 1 aromatic heterocycles. The summed E-state index contributed by atoms with van der Waals surface area (Å²) in [6.07, 6.45) is 0. The maximum atomic E-state index is 11.7. The lowest BCUT2D eigenvalue weighted by molar-refractivity contribution is -0.115. The van der Waals surface area contributed by atoms with Crippen LogP contribution in [0.3, 0.4) is 0 Å². The number of anilines is 1. The average molecular weight is 324 g/mol. The van der Waals surface area contributed by atoms with Gasteiger partial charge in [0.1, 0.15) is 0 Å². The first kappa shape index (κ1) is 13.8. The van der Waals surface area contributed by atoms with Crippen LogP contribution in [-0.2, 0) is 11.3 Å². The second-order valence-corrected chi connectivity index (χ2v) is 5.01. The number of hydrogen-bond acceptors (Lipinski definition) is 4. The molecule has 0 aliphatic carbocycles. The minimum absolute atomic E-state index is 0.102. The first-order valence-corrected chi connectivity index (χ1v) is 6.61. The molecule has 5 nitrogen and oxygen atoms in total. The van der Waals surface area contributed by atoms with Crippen LogP contribution in [0, 0.1) is 6.92 Å². The second kappa shape index (κ2) is 6.49. The van der Waals surface area contributed by atoms with Gasteiger partial charge in [0, 0.05) is 16.2 Å². The van der Waals surface area contributed by atoms with Crippen LogP contribution >= 0.6 is 15.9 Å². The molecule has 100 valence electrons. The molecule has 19 heavy (non-hydrogen) atoms. The Labute approximate surface area is 119 Å². The number of halogens is 1. The molecule has 1 heterocycles. The maximum absolute atomic E-state index is 11.7. The molecular weight excluding hydrogens is 310 g/mol. The van der Waals surface area contributed by atoms with Crippen LogP contribution in [0.1, 0.15) is 11.5 Å². The van der Waals surface area contributed by atoms with Gasteiger partial charge >= 0.3 is 0 Å². The Morgan fingerprint density at radius 1 is 1.42 bits per heavy atom. The summed E-state index contributed by atoms with van der Waals surface area (Å²) in [6, 6.07) is 9.28. The third-order valence-electron chi connectivity index (χ3n) is 2.37. The molecule has 0 radical (unpaired) electrons. The molecule has 0 saturated carbocycles. The third kappa shape index (κ3) is 4.50. The van der Waals surface area contributed by atoms with E-state index in [1.807, 2.05) is 37.3 Å². The quantitative estimate of drug-likeness (QED) is 0.887. The molecule has 2 rings (SSSR count). The molecule has 1 aromatic carbocycles. The van der Waals surface area contributed by atoms with E-state index in [9.17, 15) is 4.79 Å². The molecule has 2 N–H and O–H groups in total. The van der Waals surface area contributed by atoms with E-state index in [0.717, 1.165) is 15.9 Å². The van der Waals surface area contributed by atoms with Gasteiger partial charge in [0.2, 0.25) is 5.91 Å². The Morgan fingerprint density at radius 2 is 2.26 bits per heavy atom. The average Bonchev–Trinajstić information content (AvgIpc) is 2.75. The van der Waals surface area contributed by atoms with Crippen molar-refractivity contribution in [3.8, 4) is 0 Å². The molecule has 0 atom stereocenters. The van der Waals surface area contributed by atoms with E-state index >= 15 is 0 Å². The summed E-state index contributed by atoms with van der Waals surface area (Å²) >= 11 is 3.35. The minimum atomic E-state index is -0.102. The van der Waals surface area contributed by atoms with Crippen molar-refractivity contribution >= 4 is 27.5 Å². The topological polar surface area (TPSA) is 67.2 Å². The Kier molecular flexibility index (Phi) is 4.70. The van der Waals surface area contributed by atoms with Gasteiger partial charge in [-0.25, -0.2) is 0 Å². The van der Waals surface area contributed by atoms with E-state index in [0.29, 0.717) is 12.3 Å². The van der Waals surface area contributed by atoms with Gasteiger partial charge in [0.25, 0.3) is 0 Å². The van der Waals surface area contributed by atoms with Crippen molar-refractivity contribution in [1.29, 1.82) is 0 Å². The van der Waals surface area contributed by atoms with Crippen molar-refractivity contribution in [2.24, 2.45) is 0 Å². The van der Waals surface area contributed by atoms with Crippen molar-refractivity contribution < 1.29 is 9.32 Å². The van der Waals surface area contributed by atoms with Crippen LogP contribution < -0.4 is 10.6 Å². The number of nitrogens with zero attached hydrogens (tertiary/aromatic N) is 1. The third-order valence-corrected chi connectivity index (χ3v) is 2.86. The lowest BCUT2D eigenvalue weighted by atomic mass is 10.3. The Bertz CT molecular complexity index is 569. The molecular formula is C13H14BrN3O2. The highest BCUT2D eigenvalue weighted by Gasteiger charge is 2.04. The van der Waals surface area contributed by atoms with E-state index in [1.54, 1.807) is 0 Å². The van der Waals surface area contributed by atoms with Gasteiger partial charge in [-0.3, -0.25) is 4.79 Å². The predicted molar refractivity (Wildman–Crippen MR) is 75.7 cm³/mol. The fourth-order valence-corrected chi connectivity index (χ4v) is 1.97. The van der Waals surface area contributed by atoms with E-state index in [4.69, 9.17) is 4.52 Å². The van der Waals surface area contributed by atoms with Gasteiger partial charge in [0.05, 0.1) is 18.8 Å². The summed E-state index contributed by atoms with van der Waals surface area (Å²) in [5.41, 5.74) is 1.59. The molecule has 0 fully saturated rings. The number of aromatic nitrogens is 1. The summed E-state index contributed by atoms with van der Waals surface area (Å²) in [5, 5.41) is 9.56. The number of benzene rings is 1. The Morgan fingerprint density at radius 3 is 2.95 bits per heavy atom. The molecule has 0 aliphatic heterocycles. The highest BCUT2D eigenvalue weighted by atomic mass is 79.9. The van der Waals surface area contributed by atoms with E-state index in [1.165, 1.54) is 0 Å². The highest BCUT2D eigenvalue weighted by Crippen LogP contribution is 2.15. The lowest BCUT2D eigenvalue weighted by Gasteiger charge is -2.05. The predicted octanol–water partition coefficient (Wildman–Crippen LogP) is 2.47. The Balaban J connectivity index is 1.76. The number of carbonyl (C=O) groups is 1. The normalized spacial score (nSPS) is 10.4. The zero-order valence-electron chi connectivity index (χ0n) is 10.4. The van der Waals surface area contributed by atoms with Gasteiger partial charge in [0.15, 0.2) is 5.76 Å². The van der Waals surface area contributed by atoms with Crippen molar-refractivity contribution in [3.05, 3.63) is 46.3 Å². The zero-order chi connectivity index (χ0) is 13.7. The van der Waals surface area contributed by atoms with Crippen LogP contribution in [0.4, 0.5) is 5.69 Å². The number of rotatable bonds is 5. The fraction of sp³-hybridized carbons (Fsp3) is 0.231. The summed E-state index contributed by atoms with van der Waals surface area (Å²) < 4.78 is 5.96.